The molecule has 0 saturated heterocycles. The Hall–Kier alpha value is -1.51. The summed E-state index contributed by atoms with van der Waals surface area (Å²) >= 11 is 0. The van der Waals surface area contributed by atoms with Crippen molar-refractivity contribution in [2.24, 2.45) is 5.92 Å². The van der Waals surface area contributed by atoms with Crippen molar-refractivity contribution < 1.29 is 4.74 Å². The average molecular weight is 188 g/mol. The van der Waals surface area contributed by atoms with Crippen LogP contribution in [0.4, 0.5) is 0 Å². The summed E-state index contributed by atoms with van der Waals surface area (Å²) in [6.07, 6.45) is 8.35. The third kappa shape index (κ3) is 1.45. The van der Waals surface area contributed by atoms with Gasteiger partial charge < -0.3 is 9.14 Å². The summed E-state index contributed by atoms with van der Waals surface area (Å²) in [7, 11) is 0. The fraction of sp³-hybridized carbons (Fsp3) is 0.364. The van der Waals surface area contributed by atoms with Gasteiger partial charge in [0, 0.05) is 24.7 Å². The van der Waals surface area contributed by atoms with Gasteiger partial charge in [0.2, 0.25) is 0 Å². The van der Waals surface area contributed by atoms with Crippen LogP contribution in [0.5, 0.6) is 5.75 Å². The van der Waals surface area contributed by atoms with E-state index in [0.29, 0.717) is 0 Å². The Kier molecular flexibility index (Phi) is 1.69. The highest BCUT2D eigenvalue weighted by Gasteiger charge is 2.21. The third-order valence-electron chi connectivity index (χ3n) is 2.55. The highest BCUT2D eigenvalue weighted by Crippen LogP contribution is 2.29. The zero-order valence-corrected chi connectivity index (χ0v) is 7.89. The topological polar surface area (TPSA) is 26.5 Å². The van der Waals surface area contributed by atoms with Crippen molar-refractivity contribution in [3.63, 3.8) is 0 Å². The standard InChI is InChI=1S/C11H12N2O/c1-2-9(1)8-14-10-3-5-13-6-4-12-11(13)7-10/h3-7,9H,1-2,8H2. The quantitative estimate of drug-likeness (QED) is 0.737. The van der Waals surface area contributed by atoms with Crippen LogP contribution in [0.25, 0.3) is 5.65 Å². The summed E-state index contributed by atoms with van der Waals surface area (Å²) in [5.74, 6) is 1.72. The first-order valence-electron chi connectivity index (χ1n) is 4.97. The Balaban J connectivity index is 1.81. The summed E-state index contributed by atoms with van der Waals surface area (Å²) in [4.78, 5) is 4.21. The van der Waals surface area contributed by atoms with Gasteiger partial charge in [-0.25, -0.2) is 4.98 Å². The van der Waals surface area contributed by atoms with E-state index in [4.69, 9.17) is 4.74 Å². The maximum atomic E-state index is 5.65. The minimum absolute atomic E-state index is 0.797. The number of pyridine rings is 1. The number of nitrogens with zero attached hydrogens (tertiary/aromatic N) is 2. The van der Waals surface area contributed by atoms with Crippen LogP contribution < -0.4 is 4.74 Å². The van der Waals surface area contributed by atoms with E-state index >= 15 is 0 Å². The summed E-state index contributed by atoms with van der Waals surface area (Å²) in [5.41, 5.74) is 0.943. The Bertz CT molecular complexity index is 445. The molecule has 0 N–H and O–H groups in total. The Morgan fingerprint density at radius 3 is 3.21 bits per heavy atom. The van der Waals surface area contributed by atoms with Gasteiger partial charge in [-0.15, -0.1) is 0 Å². The lowest BCUT2D eigenvalue weighted by atomic mass is 10.4. The molecule has 2 aromatic rings. The number of hydrogen-bond donors (Lipinski definition) is 0. The third-order valence-corrected chi connectivity index (χ3v) is 2.55. The number of ether oxygens (including phenoxy) is 1. The van der Waals surface area contributed by atoms with Gasteiger partial charge in [0.25, 0.3) is 0 Å². The molecule has 0 unspecified atom stereocenters. The van der Waals surface area contributed by atoms with Gasteiger partial charge in [-0.2, -0.15) is 0 Å². The summed E-state index contributed by atoms with van der Waals surface area (Å²) in [6, 6.07) is 3.96. The van der Waals surface area contributed by atoms with Crippen LogP contribution in [0, 0.1) is 5.92 Å². The average Bonchev–Trinajstić information content (AvgIpc) is 2.92. The Morgan fingerprint density at radius 1 is 1.43 bits per heavy atom. The number of hydrogen-bond acceptors (Lipinski definition) is 2. The van der Waals surface area contributed by atoms with Crippen LogP contribution in [-0.2, 0) is 0 Å². The van der Waals surface area contributed by atoms with Crippen LogP contribution in [0.3, 0.4) is 0 Å². The molecule has 0 aromatic carbocycles. The van der Waals surface area contributed by atoms with E-state index in [1.807, 2.05) is 28.9 Å². The van der Waals surface area contributed by atoms with Gasteiger partial charge in [0.15, 0.2) is 0 Å². The molecule has 0 aliphatic heterocycles. The molecule has 3 rings (SSSR count). The van der Waals surface area contributed by atoms with Crippen LogP contribution in [-0.4, -0.2) is 16.0 Å². The molecule has 72 valence electrons. The lowest BCUT2D eigenvalue weighted by molar-refractivity contribution is 0.299. The monoisotopic (exact) mass is 188 g/mol. The fourth-order valence-electron chi connectivity index (χ4n) is 1.48. The van der Waals surface area contributed by atoms with E-state index < -0.39 is 0 Å². The highest BCUT2D eigenvalue weighted by atomic mass is 16.5. The lowest BCUT2D eigenvalue weighted by Crippen LogP contribution is -1.99. The van der Waals surface area contributed by atoms with Crippen molar-refractivity contribution in [1.82, 2.24) is 9.38 Å². The maximum absolute atomic E-state index is 5.65. The molecule has 14 heavy (non-hydrogen) atoms. The van der Waals surface area contributed by atoms with E-state index in [9.17, 15) is 0 Å². The molecule has 2 aromatic heterocycles. The largest absolute Gasteiger partial charge is 0.493 e. The zero-order chi connectivity index (χ0) is 9.38. The molecule has 1 fully saturated rings. The van der Waals surface area contributed by atoms with Crippen molar-refractivity contribution in [1.29, 1.82) is 0 Å². The molecule has 0 bridgehead atoms. The molecule has 1 aliphatic rings. The second kappa shape index (κ2) is 3.01. The molecule has 1 saturated carbocycles. The maximum Gasteiger partial charge on any atom is 0.140 e. The van der Waals surface area contributed by atoms with E-state index in [1.54, 1.807) is 6.20 Å². The van der Waals surface area contributed by atoms with Crippen molar-refractivity contribution in [3.05, 3.63) is 30.7 Å². The SMILES string of the molecule is c1cn2ccc(OCC3CC3)cc2n1. The Labute approximate surface area is 82.3 Å². The zero-order valence-electron chi connectivity index (χ0n) is 7.89. The minimum atomic E-state index is 0.797. The van der Waals surface area contributed by atoms with Crippen molar-refractivity contribution in [2.45, 2.75) is 12.8 Å². The van der Waals surface area contributed by atoms with E-state index in [1.165, 1.54) is 12.8 Å². The molecular weight excluding hydrogens is 176 g/mol. The normalized spacial score (nSPS) is 16.0. The van der Waals surface area contributed by atoms with Crippen molar-refractivity contribution in [3.8, 4) is 5.75 Å². The summed E-state index contributed by atoms with van der Waals surface area (Å²) in [6.45, 7) is 0.858. The number of imidazole rings is 1. The molecule has 3 nitrogen and oxygen atoms in total. The predicted molar refractivity (Wildman–Crippen MR) is 53.4 cm³/mol. The first-order valence-corrected chi connectivity index (χ1v) is 4.97. The predicted octanol–water partition coefficient (Wildman–Crippen LogP) is 2.12. The van der Waals surface area contributed by atoms with Gasteiger partial charge in [0.1, 0.15) is 11.4 Å². The van der Waals surface area contributed by atoms with Gasteiger partial charge in [-0.05, 0) is 24.8 Å². The number of aromatic nitrogens is 2. The molecule has 0 atom stereocenters. The first kappa shape index (κ1) is 7.85. The Morgan fingerprint density at radius 2 is 2.36 bits per heavy atom. The lowest BCUT2D eigenvalue weighted by Gasteiger charge is -2.04. The van der Waals surface area contributed by atoms with E-state index in [-0.39, 0.29) is 0 Å². The van der Waals surface area contributed by atoms with E-state index in [0.717, 1.165) is 23.9 Å². The fourth-order valence-corrected chi connectivity index (χ4v) is 1.48. The molecule has 1 aliphatic carbocycles. The number of fused-ring (bicyclic) bond motifs is 1. The molecule has 0 spiro atoms. The summed E-state index contributed by atoms with van der Waals surface area (Å²) in [5, 5.41) is 0. The molecule has 0 amide bonds. The molecule has 3 heteroatoms. The number of rotatable bonds is 3. The van der Waals surface area contributed by atoms with Crippen molar-refractivity contribution >= 4 is 5.65 Å². The second-order valence-corrected chi connectivity index (χ2v) is 3.81. The van der Waals surface area contributed by atoms with E-state index in [2.05, 4.69) is 4.98 Å². The molecule has 2 heterocycles. The minimum Gasteiger partial charge on any atom is -0.493 e. The van der Waals surface area contributed by atoms with Crippen LogP contribution in [0.15, 0.2) is 30.7 Å². The molecular formula is C11H12N2O. The van der Waals surface area contributed by atoms with Gasteiger partial charge in [-0.3, -0.25) is 0 Å². The van der Waals surface area contributed by atoms with Gasteiger partial charge >= 0.3 is 0 Å². The van der Waals surface area contributed by atoms with Crippen LogP contribution in [0.1, 0.15) is 12.8 Å². The van der Waals surface area contributed by atoms with Crippen molar-refractivity contribution in [2.75, 3.05) is 6.61 Å². The van der Waals surface area contributed by atoms with Gasteiger partial charge in [0.05, 0.1) is 6.61 Å². The highest BCUT2D eigenvalue weighted by molar-refractivity contribution is 5.43. The first-order chi connectivity index (χ1) is 6.92. The second-order valence-electron chi connectivity index (χ2n) is 3.81. The van der Waals surface area contributed by atoms with Gasteiger partial charge in [-0.1, -0.05) is 0 Å². The van der Waals surface area contributed by atoms with Crippen LogP contribution >= 0.6 is 0 Å². The van der Waals surface area contributed by atoms with Crippen LogP contribution in [0.2, 0.25) is 0 Å². The summed E-state index contributed by atoms with van der Waals surface area (Å²) < 4.78 is 7.63. The smallest absolute Gasteiger partial charge is 0.140 e. The molecule has 0 radical (unpaired) electrons.